The molecular weight excluding hydrogens is 759 g/mol. The van der Waals surface area contributed by atoms with Gasteiger partial charge in [0.05, 0.1) is 0 Å². The number of hydrogen-bond acceptors (Lipinski definition) is 1. The van der Waals surface area contributed by atoms with Crippen LogP contribution in [0.1, 0.15) is 0 Å². The Labute approximate surface area is 369 Å². The summed E-state index contributed by atoms with van der Waals surface area (Å²) in [4.78, 5) is 2.40. The van der Waals surface area contributed by atoms with Crippen LogP contribution in [-0.4, -0.2) is 0 Å². The van der Waals surface area contributed by atoms with E-state index in [1.54, 1.807) is 0 Å². The maximum atomic E-state index is 2.40. The fourth-order valence-corrected chi connectivity index (χ4v) is 9.29. The van der Waals surface area contributed by atoms with E-state index in [9.17, 15) is 0 Å². The lowest BCUT2D eigenvalue weighted by molar-refractivity contribution is 1.28. The molecule has 0 amide bonds. The fraction of sp³-hybridized carbons (Fsp3) is 0. The van der Waals surface area contributed by atoms with Crippen molar-refractivity contribution in [3.63, 3.8) is 0 Å². The van der Waals surface area contributed by atoms with Crippen LogP contribution in [0.4, 0.5) is 17.1 Å². The molecule has 0 radical (unpaired) electrons. The minimum absolute atomic E-state index is 1.08. The zero-order chi connectivity index (χ0) is 42.0. The Bertz CT molecular complexity index is 3270. The first-order valence-electron chi connectivity index (χ1n) is 21.7. The van der Waals surface area contributed by atoms with E-state index >= 15 is 0 Å². The van der Waals surface area contributed by atoms with Gasteiger partial charge in [0.1, 0.15) is 0 Å². The lowest BCUT2D eigenvalue weighted by Gasteiger charge is -2.27. The van der Waals surface area contributed by atoms with Gasteiger partial charge in [-0.1, -0.05) is 218 Å². The van der Waals surface area contributed by atoms with E-state index in [2.05, 4.69) is 266 Å². The van der Waals surface area contributed by atoms with Crippen LogP contribution in [0.5, 0.6) is 0 Å². The van der Waals surface area contributed by atoms with Crippen molar-refractivity contribution in [1.29, 1.82) is 0 Å². The molecule has 0 heterocycles. The highest BCUT2D eigenvalue weighted by molar-refractivity contribution is 6.25. The van der Waals surface area contributed by atoms with Gasteiger partial charge in [-0.15, -0.1) is 0 Å². The quantitative estimate of drug-likeness (QED) is 0.131. The first-order valence-corrected chi connectivity index (χ1v) is 21.7. The molecule has 0 aliphatic rings. The topological polar surface area (TPSA) is 3.24 Å². The average molecular weight is 802 g/mol. The Morgan fingerprint density at radius 3 is 1.06 bits per heavy atom. The molecular formula is C62H43N. The van der Waals surface area contributed by atoms with Crippen molar-refractivity contribution in [3.8, 4) is 66.8 Å². The largest absolute Gasteiger partial charge is 0.310 e. The van der Waals surface area contributed by atoms with Gasteiger partial charge in [0, 0.05) is 17.1 Å². The Morgan fingerprint density at radius 2 is 0.571 bits per heavy atom. The normalized spacial score (nSPS) is 11.2. The SMILES string of the molecule is c1ccc(-c2ccc(N(c3ccc(-c4cccc5c(-c6ccccc6)c(-c6ccccc6)c6ccccc6c45)cc3)c3cc(-c4ccccc4)cc(-c4ccccc4)c3)cc2)cc1. The second-order valence-electron chi connectivity index (χ2n) is 16.1. The minimum Gasteiger partial charge on any atom is -0.310 e. The van der Waals surface area contributed by atoms with E-state index in [1.165, 1.54) is 88.3 Å². The minimum atomic E-state index is 1.08. The molecule has 11 aromatic rings. The Morgan fingerprint density at radius 1 is 0.206 bits per heavy atom. The van der Waals surface area contributed by atoms with Crippen molar-refractivity contribution >= 4 is 38.6 Å². The van der Waals surface area contributed by atoms with Gasteiger partial charge in [0.2, 0.25) is 0 Å². The van der Waals surface area contributed by atoms with Crippen LogP contribution in [0.15, 0.2) is 261 Å². The number of anilines is 3. The third kappa shape index (κ3) is 7.26. The van der Waals surface area contributed by atoms with Gasteiger partial charge in [0.15, 0.2) is 0 Å². The van der Waals surface area contributed by atoms with Crippen molar-refractivity contribution in [2.45, 2.75) is 0 Å². The molecule has 0 aliphatic heterocycles. The number of rotatable bonds is 9. The van der Waals surface area contributed by atoms with E-state index in [0.717, 1.165) is 17.1 Å². The summed E-state index contributed by atoms with van der Waals surface area (Å²) in [6.45, 7) is 0. The maximum absolute atomic E-state index is 2.40. The molecule has 0 fully saturated rings. The number of fused-ring (bicyclic) bond motifs is 3. The van der Waals surface area contributed by atoms with Crippen molar-refractivity contribution in [1.82, 2.24) is 0 Å². The number of hydrogen-bond donors (Lipinski definition) is 0. The molecule has 0 bridgehead atoms. The molecule has 1 nitrogen and oxygen atoms in total. The number of nitrogens with zero attached hydrogens (tertiary/aromatic N) is 1. The molecule has 1 heteroatoms. The summed E-state index contributed by atoms with van der Waals surface area (Å²) < 4.78 is 0. The summed E-state index contributed by atoms with van der Waals surface area (Å²) in [7, 11) is 0. The van der Waals surface area contributed by atoms with Gasteiger partial charge in [-0.05, 0) is 131 Å². The predicted octanol–water partition coefficient (Wildman–Crippen LogP) is 17.5. The van der Waals surface area contributed by atoms with Crippen LogP contribution >= 0.6 is 0 Å². The first kappa shape index (κ1) is 37.7. The monoisotopic (exact) mass is 801 g/mol. The Kier molecular flexibility index (Phi) is 9.97. The molecule has 11 rings (SSSR count). The van der Waals surface area contributed by atoms with E-state index in [0.29, 0.717) is 0 Å². The summed E-state index contributed by atoms with van der Waals surface area (Å²) >= 11 is 0. The Hall–Kier alpha value is -8.26. The second kappa shape index (κ2) is 16.7. The molecule has 0 aromatic heterocycles. The molecule has 11 aromatic carbocycles. The summed E-state index contributed by atoms with van der Waals surface area (Å²) in [6, 6.07) is 94.6. The molecule has 0 atom stereocenters. The predicted molar refractivity (Wildman–Crippen MR) is 269 cm³/mol. The average Bonchev–Trinajstić information content (AvgIpc) is 3.37. The van der Waals surface area contributed by atoms with Gasteiger partial charge in [-0.3, -0.25) is 0 Å². The van der Waals surface area contributed by atoms with Crippen LogP contribution in [0, 0.1) is 0 Å². The zero-order valence-corrected chi connectivity index (χ0v) is 34.8. The van der Waals surface area contributed by atoms with E-state index in [-0.39, 0.29) is 0 Å². The van der Waals surface area contributed by atoms with Crippen molar-refractivity contribution in [2.24, 2.45) is 0 Å². The molecule has 63 heavy (non-hydrogen) atoms. The van der Waals surface area contributed by atoms with Crippen LogP contribution < -0.4 is 4.90 Å². The lowest BCUT2D eigenvalue weighted by atomic mass is 9.83. The molecule has 0 unspecified atom stereocenters. The second-order valence-corrected chi connectivity index (χ2v) is 16.1. The molecule has 0 aliphatic carbocycles. The highest BCUT2D eigenvalue weighted by Gasteiger charge is 2.21. The standard InChI is InChI=1S/C62H43N/c1-6-19-44(20-7-1)47-33-37-53(38-34-47)63(55-42-51(45-21-8-2-9-22-45)41-52(43-55)46-23-10-3-11-24-46)54-39-35-48(36-40-54)56-31-18-32-59-61(50-27-14-5-15-28-50)60(49-25-12-4-13-26-49)57-29-16-17-30-58(57)62(56)59/h1-43H. The van der Waals surface area contributed by atoms with E-state index < -0.39 is 0 Å². The Balaban J connectivity index is 1.10. The zero-order valence-electron chi connectivity index (χ0n) is 34.8. The molecule has 0 saturated carbocycles. The third-order valence-electron chi connectivity index (χ3n) is 12.2. The van der Waals surface area contributed by atoms with Crippen LogP contribution in [0.3, 0.4) is 0 Å². The van der Waals surface area contributed by atoms with Gasteiger partial charge >= 0.3 is 0 Å². The lowest BCUT2D eigenvalue weighted by Crippen LogP contribution is -2.10. The molecule has 0 N–H and O–H groups in total. The van der Waals surface area contributed by atoms with Crippen molar-refractivity contribution < 1.29 is 0 Å². The summed E-state index contributed by atoms with van der Waals surface area (Å²) in [5, 5.41) is 5.00. The highest BCUT2D eigenvalue weighted by atomic mass is 15.1. The highest BCUT2D eigenvalue weighted by Crippen LogP contribution is 2.48. The third-order valence-corrected chi connectivity index (χ3v) is 12.2. The first-order chi connectivity index (χ1) is 31.3. The van der Waals surface area contributed by atoms with Crippen LogP contribution in [0.25, 0.3) is 88.3 Å². The van der Waals surface area contributed by atoms with E-state index in [1.807, 2.05) is 0 Å². The van der Waals surface area contributed by atoms with Crippen LogP contribution in [0.2, 0.25) is 0 Å². The maximum Gasteiger partial charge on any atom is 0.0473 e. The van der Waals surface area contributed by atoms with Crippen molar-refractivity contribution in [2.75, 3.05) is 4.90 Å². The summed E-state index contributed by atoms with van der Waals surface area (Å²) in [6.07, 6.45) is 0. The summed E-state index contributed by atoms with van der Waals surface area (Å²) in [5.74, 6) is 0. The van der Waals surface area contributed by atoms with E-state index in [4.69, 9.17) is 0 Å². The molecule has 0 spiro atoms. The smallest absolute Gasteiger partial charge is 0.0473 e. The van der Waals surface area contributed by atoms with Gasteiger partial charge in [0.25, 0.3) is 0 Å². The molecule has 0 saturated heterocycles. The fourth-order valence-electron chi connectivity index (χ4n) is 9.29. The summed E-state index contributed by atoms with van der Waals surface area (Å²) in [5.41, 5.74) is 17.7. The van der Waals surface area contributed by atoms with Gasteiger partial charge in [-0.2, -0.15) is 0 Å². The van der Waals surface area contributed by atoms with Gasteiger partial charge < -0.3 is 4.90 Å². The van der Waals surface area contributed by atoms with Crippen molar-refractivity contribution in [3.05, 3.63) is 261 Å². The molecule has 296 valence electrons. The van der Waals surface area contributed by atoms with Crippen LogP contribution in [-0.2, 0) is 0 Å². The van der Waals surface area contributed by atoms with Gasteiger partial charge in [-0.25, -0.2) is 0 Å². The number of benzene rings is 11.